The molecule has 82 valence electrons. The highest BCUT2D eigenvalue weighted by atomic mass is 79.9. The van der Waals surface area contributed by atoms with Crippen LogP contribution in [0.25, 0.3) is 0 Å². The van der Waals surface area contributed by atoms with Gasteiger partial charge in [-0.2, -0.15) is 0 Å². The van der Waals surface area contributed by atoms with Gasteiger partial charge in [0.15, 0.2) is 11.5 Å². The third-order valence-corrected chi connectivity index (χ3v) is 2.62. The lowest BCUT2D eigenvalue weighted by Crippen LogP contribution is -2.21. The molecule has 0 aromatic heterocycles. The Morgan fingerprint density at radius 3 is 2.67 bits per heavy atom. The molecule has 0 bridgehead atoms. The van der Waals surface area contributed by atoms with Crippen LogP contribution in [0.15, 0.2) is 16.6 Å². The molecule has 0 aliphatic heterocycles. The summed E-state index contributed by atoms with van der Waals surface area (Å²) in [5.74, 6) is -1.30. The Morgan fingerprint density at radius 2 is 2.20 bits per heavy atom. The van der Waals surface area contributed by atoms with Gasteiger partial charge in [-0.3, -0.25) is 4.79 Å². The number of carbonyl (C=O) groups is 1. The van der Waals surface area contributed by atoms with Crippen molar-refractivity contribution in [1.82, 2.24) is 0 Å². The van der Waals surface area contributed by atoms with Crippen LogP contribution in [0.3, 0.4) is 0 Å². The Bertz CT molecular complexity index is 394. The summed E-state index contributed by atoms with van der Waals surface area (Å²) in [5, 5.41) is 18.4. The zero-order chi connectivity index (χ0) is 11.6. The number of aromatic hydroxyl groups is 1. The van der Waals surface area contributed by atoms with E-state index in [0.717, 1.165) is 0 Å². The van der Waals surface area contributed by atoms with Crippen LogP contribution in [-0.2, 0) is 4.79 Å². The van der Waals surface area contributed by atoms with Crippen molar-refractivity contribution in [3.63, 3.8) is 0 Å². The average Bonchev–Trinajstić information content (AvgIpc) is 2.17. The fourth-order valence-corrected chi connectivity index (χ4v) is 1.71. The molecule has 1 rings (SSSR count). The van der Waals surface area contributed by atoms with E-state index in [2.05, 4.69) is 15.9 Å². The molecule has 5 nitrogen and oxygen atoms in total. The minimum Gasteiger partial charge on any atom is -0.504 e. The first-order chi connectivity index (χ1) is 6.99. The Balaban J connectivity index is 3.32. The summed E-state index contributed by atoms with van der Waals surface area (Å²) >= 11 is 3.12. The largest absolute Gasteiger partial charge is 0.504 e. The molecule has 4 N–H and O–H groups in total. The lowest BCUT2D eigenvalue weighted by molar-refractivity contribution is -0.138. The van der Waals surface area contributed by atoms with Gasteiger partial charge in [0, 0.05) is 10.0 Å². The molecule has 0 radical (unpaired) electrons. The molecule has 1 atom stereocenters. The first-order valence-corrected chi connectivity index (χ1v) is 4.82. The first kappa shape index (κ1) is 11.8. The van der Waals surface area contributed by atoms with Crippen LogP contribution in [0.4, 0.5) is 0 Å². The number of phenols is 1. The van der Waals surface area contributed by atoms with Gasteiger partial charge in [0.05, 0.1) is 7.11 Å². The highest BCUT2D eigenvalue weighted by molar-refractivity contribution is 9.10. The summed E-state index contributed by atoms with van der Waals surface area (Å²) in [5.41, 5.74) is 5.52. The molecule has 0 fully saturated rings. The number of benzene rings is 1. The molecule has 1 aromatic carbocycles. The van der Waals surface area contributed by atoms with Crippen molar-refractivity contribution in [2.24, 2.45) is 5.73 Å². The van der Waals surface area contributed by atoms with Crippen LogP contribution < -0.4 is 10.5 Å². The van der Waals surface area contributed by atoms with E-state index in [1.165, 1.54) is 13.2 Å². The van der Waals surface area contributed by atoms with Crippen molar-refractivity contribution >= 4 is 21.9 Å². The smallest absolute Gasteiger partial charge is 0.325 e. The maximum atomic E-state index is 10.7. The van der Waals surface area contributed by atoms with Crippen LogP contribution in [-0.4, -0.2) is 23.3 Å². The molecule has 0 spiro atoms. The number of nitrogens with two attached hydrogens (primary N) is 1. The van der Waals surface area contributed by atoms with Crippen LogP contribution in [0, 0.1) is 0 Å². The number of phenolic OH excluding ortho intramolecular Hbond substituents is 1. The van der Waals surface area contributed by atoms with Crippen LogP contribution >= 0.6 is 15.9 Å². The van der Waals surface area contributed by atoms with Crippen LogP contribution in [0.1, 0.15) is 11.6 Å². The molecule has 0 aliphatic carbocycles. The third kappa shape index (κ3) is 2.21. The molecule has 0 saturated heterocycles. The summed E-state index contributed by atoms with van der Waals surface area (Å²) < 4.78 is 5.28. The summed E-state index contributed by atoms with van der Waals surface area (Å²) in [6.45, 7) is 0. The number of methoxy groups -OCH3 is 1. The van der Waals surface area contributed by atoms with E-state index in [4.69, 9.17) is 15.6 Å². The Labute approximate surface area is 94.6 Å². The molecule has 0 heterocycles. The fraction of sp³-hybridized carbons (Fsp3) is 0.222. The number of aliphatic carboxylic acids is 1. The minimum atomic E-state index is -1.30. The van der Waals surface area contributed by atoms with Gasteiger partial charge in [-0.25, -0.2) is 0 Å². The van der Waals surface area contributed by atoms with Gasteiger partial charge in [0.25, 0.3) is 0 Å². The van der Waals surface area contributed by atoms with E-state index < -0.39 is 12.0 Å². The zero-order valence-corrected chi connectivity index (χ0v) is 9.48. The third-order valence-electron chi connectivity index (χ3n) is 1.92. The molecule has 0 saturated carbocycles. The molecular formula is C9H10BrNO4. The van der Waals surface area contributed by atoms with E-state index in [9.17, 15) is 9.90 Å². The van der Waals surface area contributed by atoms with Gasteiger partial charge in [-0.1, -0.05) is 15.9 Å². The van der Waals surface area contributed by atoms with Crippen molar-refractivity contribution in [3.8, 4) is 11.5 Å². The molecule has 0 amide bonds. The van der Waals surface area contributed by atoms with Crippen molar-refractivity contribution in [2.45, 2.75) is 6.04 Å². The quantitative estimate of drug-likeness (QED) is 0.772. The normalized spacial score (nSPS) is 12.2. The van der Waals surface area contributed by atoms with Gasteiger partial charge < -0.3 is 20.7 Å². The number of halogens is 1. The monoisotopic (exact) mass is 275 g/mol. The van der Waals surface area contributed by atoms with Crippen LogP contribution in [0.2, 0.25) is 0 Å². The molecule has 0 unspecified atom stereocenters. The molecular weight excluding hydrogens is 266 g/mol. The number of carboxylic acids is 1. The van der Waals surface area contributed by atoms with Gasteiger partial charge >= 0.3 is 5.97 Å². The first-order valence-electron chi connectivity index (χ1n) is 4.02. The highest BCUT2D eigenvalue weighted by Crippen LogP contribution is 2.38. The predicted octanol–water partition coefficient (Wildman–Crippen LogP) is 1.25. The number of ether oxygens (including phenoxy) is 1. The van der Waals surface area contributed by atoms with Crippen molar-refractivity contribution in [2.75, 3.05) is 7.11 Å². The summed E-state index contributed by atoms with van der Waals surface area (Å²) in [7, 11) is 1.37. The number of rotatable bonds is 3. The van der Waals surface area contributed by atoms with E-state index >= 15 is 0 Å². The van der Waals surface area contributed by atoms with Gasteiger partial charge in [-0.05, 0) is 12.1 Å². The summed E-state index contributed by atoms with van der Waals surface area (Å²) in [4.78, 5) is 10.7. The topological polar surface area (TPSA) is 92.8 Å². The second-order valence-electron chi connectivity index (χ2n) is 2.83. The lowest BCUT2D eigenvalue weighted by atomic mass is 10.1. The Morgan fingerprint density at radius 1 is 1.60 bits per heavy atom. The van der Waals surface area contributed by atoms with Crippen molar-refractivity contribution in [3.05, 3.63) is 22.2 Å². The second-order valence-corrected chi connectivity index (χ2v) is 3.68. The number of hydrogen-bond donors (Lipinski definition) is 3. The molecule has 15 heavy (non-hydrogen) atoms. The zero-order valence-electron chi connectivity index (χ0n) is 7.90. The van der Waals surface area contributed by atoms with E-state index in [-0.39, 0.29) is 17.1 Å². The maximum absolute atomic E-state index is 10.7. The minimum absolute atomic E-state index is 0.0989. The van der Waals surface area contributed by atoms with Gasteiger partial charge in [0.2, 0.25) is 0 Å². The average molecular weight is 276 g/mol. The maximum Gasteiger partial charge on any atom is 0.325 e. The number of carboxylic acid groups (broad SMARTS) is 1. The fourth-order valence-electron chi connectivity index (χ4n) is 1.15. The van der Waals surface area contributed by atoms with Crippen LogP contribution in [0.5, 0.6) is 11.5 Å². The van der Waals surface area contributed by atoms with Crippen molar-refractivity contribution in [1.29, 1.82) is 0 Å². The van der Waals surface area contributed by atoms with E-state index in [1.807, 2.05) is 0 Å². The lowest BCUT2D eigenvalue weighted by Gasteiger charge is -2.13. The Kier molecular flexibility index (Phi) is 3.54. The SMILES string of the molecule is COc1ccc(Br)c([C@H](N)C(=O)O)c1O. The number of hydrogen-bond acceptors (Lipinski definition) is 4. The van der Waals surface area contributed by atoms with Gasteiger partial charge in [0.1, 0.15) is 6.04 Å². The standard InChI is InChI=1S/C9H10BrNO4/c1-15-5-3-2-4(10)6(8(5)12)7(11)9(13)14/h2-3,7,12H,11H2,1H3,(H,13,14)/t7-/m0/s1. The van der Waals surface area contributed by atoms with Gasteiger partial charge in [-0.15, -0.1) is 0 Å². The Hall–Kier alpha value is -1.27. The van der Waals surface area contributed by atoms with E-state index in [1.54, 1.807) is 6.07 Å². The second kappa shape index (κ2) is 4.50. The predicted molar refractivity (Wildman–Crippen MR) is 56.9 cm³/mol. The van der Waals surface area contributed by atoms with E-state index in [0.29, 0.717) is 4.47 Å². The highest BCUT2D eigenvalue weighted by Gasteiger charge is 2.23. The molecule has 0 aliphatic rings. The molecule has 1 aromatic rings. The summed E-state index contributed by atoms with van der Waals surface area (Å²) in [6, 6.07) is 1.78. The van der Waals surface area contributed by atoms with Crippen molar-refractivity contribution < 1.29 is 19.7 Å². The summed E-state index contributed by atoms with van der Waals surface area (Å²) in [6.07, 6.45) is 0. The molecule has 6 heteroatoms.